The van der Waals surface area contributed by atoms with E-state index in [0.29, 0.717) is 12.5 Å². The Bertz CT molecular complexity index is 572. The summed E-state index contributed by atoms with van der Waals surface area (Å²) in [5.74, 6) is 0.0225. The van der Waals surface area contributed by atoms with Crippen LogP contribution in [0.25, 0.3) is 0 Å². The molecule has 2 fully saturated rings. The quantitative estimate of drug-likeness (QED) is 0.604. The highest BCUT2D eigenvalue weighted by atomic mass is 32.1. The average molecular weight is 331 g/mol. The van der Waals surface area contributed by atoms with Gasteiger partial charge in [-0.1, -0.05) is 48.6 Å². The molecular weight excluding hydrogens is 306 g/mol. The van der Waals surface area contributed by atoms with E-state index in [9.17, 15) is 0 Å². The van der Waals surface area contributed by atoms with Gasteiger partial charge in [0, 0.05) is 24.9 Å². The van der Waals surface area contributed by atoms with E-state index in [2.05, 4.69) is 35.7 Å². The summed E-state index contributed by atoms with van der Waals surface area (Å²) in [5, 5.41) is 0. The highest BCUT2D eigenvalue weighted by molar-refractivity contribution is 7.80. The lowest BCUT2D eigenvalue weighted by molar-refractivity contribution is -0.143. The van der Waals surface area contributed by atoms with Crippen LogP contribution in [0, 0.1) is 11.8 Å². The SMILES string of the molecule is C=C[C@H]([C@@H]1CCN(Cc2ccccc2)C1=S)[C@H]1COC(C)(C)O1. The van der Waals surface area contributed by atoms with Crippen molar-refractivity contribution in [3.05, 3.63) is 48.6 Å². The molecule has 2 saturated heterocycles. The van der Waals surface area contributed by atoms with Gasteiger partial charge in [0.25, 0.3) is 0 Å². The van der Waals surface area contributed by atoms with Gasteiger partial charge in [0.1, 0.15) is 0 Å². The first kappa shape index (κ1) is 16.6. The van der Waals surface area contributed by atoms with Gasteiger partial charge >= 0.3 is 0 Å². The van der Waals surface area contributed by atoms with Gasteiger partial charge in [-0.25, -0.2) is 0 Å². The zero-order valence-corrected chi connectivity index (χ0v) is 14.7. The van der Waals surface area contributed by atoms with E-state index in [1.165, 1.54) is 5.56 Å². The summed E-state index contributed by atoms with van der Waals surface area (Å²) in [6.07, 6.45) is 3.10. The minimum atomic E-state index is -0.504. The molecule has 0 unspecified atom stereocenters. The fourth-order valence-electron chi connectivity index (χ4n) is 3.56. The number of thiocarbonyl (C=S) groups is 1. The molecule has 0 amide bonds. The molecule has 4 heteroatoms. The van der Waals surface area contributed by atoms with E-state index in [0.717, 1.165) is 24.5 Å². The Morgan fingerprint density at radius 3 is 2.74 bits per heavy atom. The summed E-state index contributed by atoms with van der Waals surface area (Å²) in [5.41, 5.74) is 1.30. The van der Waals surface area contributed by atoms with Gasteiger partial charge in [-0.2, -0.15) is 0 Å². The van der Waals surface area contributed by atoms with Crippen LogP contribution in [0.2, 0.25) is 0 Å². The van der Waals surface area contributed by atoms with Crippen LogP contribution in [-0.2, 0) is 16.0 Å². The summed E-state index contributed by atoms with van der Waals surface area (Å²) < 4.78 is 11.8. The molecule has 124 valence electrons. The van der Waals surface area contributed by atoms with Crippen molar-refractivity contribution in [1.82, 2.24) is 4.90 Å². The standard InChI is InChI=1S/C19H25NO2S/c1-4-15(17-13-21-19(2,3)22-17)16-10-11-20(18(16)23)12-14-8-6-5-7-9-14/h4-9,15-17H,1,10-13H2,2-3H3/t15-,16+,17-/m1/s1. The number of nitrogens with zero attached hydrogens (tertiary/aromatic N) is 1. The fourth-order valence-corrected chi connectivity index (χ4v) is 3.99. The highest BCUT2D eigenvalue weighted by Crippen LogP contribution is 2.36. The number of rotatable bonds is 5. The van der Waals surface area contributed by atoms with Gasteiger partial charge in [0.15, 0.2) is 5.79 Å². The summed E-state index contributed by atoms with van der Waals surface area (Å²) in [4.78, 5) is 3.35. The predicted octanol–water partition coefficient (Wildman–Crippen LogP) is 3.79. The van der Waals surface area contributed by atoms with Gasteiger partial charge in [-0.15, -0.1) is 6.58 Å². The third-order valence-corrected chi connectivity index (χ3v) is 5.31. The predicted molar refractivity (Wildman–Crippen MR) is 96.1 cm³/mol. The fraction of sp³-hybridized carbons (Fsp3) is 0.526. The molecule has 3 rings (SSSR count). The van der Waals surface area contributed by atoms with E-state index < -0.39 is 5.79 Å². The van der Waals surface area contributed by atoms with Crippen molar-refractivity contribution < 1.29 is 9.47 Å². The minimum absolute atomic E-state index is 0.0436. The summed E-state index contributed by atoms with van der Waals surface area (Å²) in [6.45, 7) is 10.4. The number of ether oxygens (including phenoxy) is 2. The molecule has 0 saturated carbocycles. The first-order chi connectivity index (χ1) is 11.0. The average Bonchev–Trinajstić information content (AvgIpc) is 3.06. The molecular formula is C19H25NO2S. The maximum atomic E-state index is 6.04. The maximum Gasteiger partial charge on any atom is 0.163 e. The highest BCUT2D eigenvalue weighted by Gasteiger charge is 2.42. The molecule has 2 heterocycles. The van der Waals surface area contributed by atoms with Crippen molar-refractivity contribution in [3.63, 3.8) is 0 Å². The summed E-state index contributed by atoms with van der Waals surface area (Å²) in [6, 6.07) is 10.5. The Balaban J connectivity index is 1.66. The smallest absolute Gasteiger partial charge is 0.163 e. The van der Waals surface area contributed by atoms with Crippen molar-refractivity contribution in [2.24, 2.45) is 11.8 Å². The number of hydrogen-bond acceptors (Lipinski definition) is 3. The van der Waals surface area contributed by atoms with Gasteiger partial charge in [-0.05, 0) is 25.8 Å². The van der Waals surface area contributed by atoms with Crippen LogP contribution in [0.3, 0.4) is 0 Å². The Hall–Kier alpha value is -1.23. The molecule has 3 nitrogen and oxygen atoms in total. The zero-order chi connectivity index (χ0) is 16.4. The summed E-state index contributed by atoms with van der Waals surface area (Å²) in [7, 11) is 0. The molecule has 0 radical (unpaired) electrons. The first-order valence-electron chi connectivity index (χ1n) is 8.27. The monoisotopic (exact) mass is 331 g/mol. The molecule has 3 atom stereocenters. The third-order valence-electron chi connectivity index (χ3n) is 4.75. The first-order valence-corrected chi connectivity index (χ1v) is 8.68. The topological polar surface area (TPSA) is 21.7 Å². The molecule has 1 aromatic rings. The number of benzene rings is 1. The van der Waals surface area contributed by atoms with Crippen LogP contribution in [0.15, 0.2) is 43.0 Å². The third kappa shape index (κ3) is 3.65. The van der Waals surface area contributed by atoms with Crippen molar-refractivity contribution in [3.8, 4) is 0 Å². The van der Waals surface area contributed by atoms with E-state index >= 15 is 0 Å². The van der Waals surface area contributed by atoms with Crippen molar-refractivity contribution in [2.45, 2.75) is 38.7 Å². The Morgan fingerprint density at radius 1 is 1.39 bits per heavy atom. The lowest BCUT2D eigenvalue weighted by Gasteiger charge is -2.27. The van der Waals surface area contributed by atoms with Gasteiger partial charge in [0.05, 0.1) is 17.7 Å². The van der Waals surface area contributed by atoms with Crippen LogP contribution in [0.1, 0.15) is 25.8 Å². The van der Waals surface area contributed by atoms with E-state index in [-0.39, 0.29) is 12.0 Å². The Labute approximate surface area is 144 Å². The van der Waals surface area contributed by atoms with Gasteiger partial charge in [0.2, 0.25) is 0 Å². The molecule has 1 aromatic carbocycles. The molecule has 0 spiro atoms. The van der Waals surface area contributed by atoms with Gasteiger partial charge < -0.3 is 14.4 Å². The molecule has 0 aliphatic carbocycles. The second-order valence-corrected chi connectivity index (χ2v) is 7.24. The van der Waals surface area contributed by atoms with Crippen molar-refractivity contribution in [2.75, 3.05) is 13.2 Å². The van der Waals surface area contributed by atoms with Crippen molar-refractivity contribution >= 4 is 17.2 Å². The number of hydrogen-bond donors (Lipinski definition) is 0. The molecule has 0 bridgehead atoms. The van der Waals surface area contributed by atoms with E-state index in [1.807, 2.05) is 26.0 Å². The van der Waals surface area contributed by atoms with Crippen LogP contribution in [0.5, 0.6) is 0 Å². The second kappa shape index (κ2) is 6.71. The Morgan fingerprint density at radius 2 is 2.13 bits per heavy atom. The van der Waals surface area contributed by atoms with E-state index in [1.54, 1.807) is 0 Å². The normalized spacial score (nSPS) is 28.1. The van der Waals surface area contributed by atoms with E-state index in [4.69, 9.17) is 21.7 Å². The number of likely N-dealkylation sites (tertiary alicyclic amines) is 1. The zero-order valence-electron chi connectivity index (χ0n) is 13.9. The van der Waals surface area contributed by atoms with Crippen LogP contribution in [-0.4, -0.2) is 34.9 Å². The molecule has 0 N–H and O–H groups in total. The maximum absolute atomic E-state index is 6.04. The van der Waals surface area contributed by atoms with Crippen molar-refractivity contribution in [1.29, 1.82) is 0 Å². The summed E-state index contributed by atoms with van der Waals surface area (Å²) >= 11 is 5.78. The largest absolute Gasteiger partial charge is 0.362 e. The van der Waals surface area contributed by atoms with Crippen LogP contribution in [0.4, 0.5) is 0 Å². The second-order valence-electron chi connectivity index (χ2n) is 6.82. The Kier molecular flexibility index (Phi) is 4.85. The minimum Gasteiger partial charge on any atom is -0.362 e. The molecule has 2 aliphatic rings. The molecule has 2 aliphatic heterocycles. The molecule has 23 heavy (non-hydrogen) atoms. The van der Waals surface area contributed by atoms with Crippen LogP contribution < -0.4 is 0 Å². The van der Waals surface area contributed by atoms with Crippen LogP contribution >= 0.6 is 12.2 Å². The lowest BCUT2D eigenvalue weighted by Crippen LogP contribution is -2.34. The lowest BCUT2D eigenvalue weighted by atomic mass is 9.87. The van der Waals surface area contributed by atoms with Gasteiger partial charge in [-0.3, -0.25) is 0 Å². The molecule has 0 aromatic heterocycles.